The molecule has 3 amide bonds. The second kappa shape index (κ2) is 5.89. The molecule has 92 valence electrons. The molecular weight excluding hydrogens is 218 g/mol. The zero-order chi connectivity index (χ0) is 12.8. The lowest BCUT2D eigenvalue weighted by molar-refractivity contribution is -0.116. The normalized spacial score (nSPS) is 9.59. The molecule has 0 atom stereocenters. The number of benzene rings is 1. The van der Waals surface area contributed by atoms with Crippen molar-refractivity contribution >= 4 is 17.6 Å². The van der Waals surface area contributed by atoms with E-state index in [9.17, 15) is 9.59 Å². The number of hydrogen-bond acceptors (Lipinski definition) is 2. The van der Waals surface area contributed by atoms with Crippen molar-refractivity contribution in [1.82, 2.24) is 10.6 Å². The van der Waals surface area contributed by atoms with Gasteiger partial charge < -0.3 is 15.5 Å². The van der Waals surface area contributed by atoms with Crippen molar-refractivity contribution in [2.75, 3.05) is 19.0 Å². The van der Waals surface area contributed by atoms with Crippen LogP contribution in [0.2, 0.25) is 0 Å². The van der Waals surface area contributed by atoms with Crippen LogP contribution in [0.5, 0.6) is 0 Å². The highest BCUT2D eigenvalue weighted by Crippen LogP contribution is 2.14. The first-order valence-electron chi connectivity index (χ1n) is 5.33. The zero-order valence-electron chi connectivity index (χ0n) is 10.3. The molecule has 17 heavy (non-hydrogen) atoms. The smallest absolute Gasteiger partial charge is 0.314 e. The molecule has 0 aromatic heterocycles. The highest BCUT2D eigenvalue weighted by Gasteiger charge is 2.06. The van der Waals surface area contributed by atoms with Gasteiger partial charge in [0.2, 0.25) is 5.91 Å². The summed E-state index contributed by atoms with van der Waals surface area (Å²) in [5.74, 6) is -0.0265. The third-order valence-corrected chi connectivity index (χ3v) is 2.45. The Hall–Kier alpha value is -2.04. The Kier molecular flexibility index (Phi) is 4.51. The molecule has 1 aromatic carbocycles. The van der Waals surface area contributed by atoms with Crippen molar-refractivity contribution in [2.45, 2.75) is 13.5 Å². The van der Waals surface area contributed by atoms with Crippen molar-refractivity contribution < 1.29 is 9.59 Å². The van der Waals surface area contributed by atoms with Gasteiger partial charge in [0.05, 0.1) is 0 Å². The van der Waals surface area contributed by atoms with Crippen molar-refractivity contribution in [3.63, 3.8) is 0 Å². The van der Waals surface area contributed by atoms with Crippen molar-refractivity contribution in [2.24, 2.45) is 0 Å². The average Bonchev–Trinajstić information content (AvgIpc) is 2.35. The minimum absolute atomic E-state index is 0.0265. The van der Waals surface area contributed by atoms with Crippen molar-refractivity contribution in [3.8, 4) is 0 Å². The fourth-order valence-corrected chi connectivity index (χ4v) is 1.33. The van der Waals surface area contributed by atoms with E-state index in [4.69, 9.17) is 0 Å². The van der Waals surface area contributed by atoms with Gasteiger partial charge in [-0.25, -0.2) is 4.79 Å². The van der Waals surface area contributed by atoms with Crippen LogP contribution in [-0.2, 0) is 11.3 Å². The fourth-order valence-electron chi connectivity index (χ4n) is 1.33. The summed E-state index contributed by atoms with van der Waals surface area (Å²) >= 11 is 0. The van der Waals surface area contributed by atoms with Gasteiger partial charge in [-0.2, -0.15) is 0 Å². The number of nitrogens with one attached hydrogen (secondary N) is 2. The molecule has 0 saturated carbocycles. The first-order valence-corrected chi connectivity index (χ1v) is 5.33. The van der Waals surface area contributed by atoms with E-state index in [1.165, 1.54) is 6.92 Å². The quantitative estimate of drug-likeness (QED) is 0.824. The molecule has 0 aliphatic heterocycles. The van der Waals surface area contributed by atoms with Gasteiger partial charge in [0.25, 0.3) is 0 Å². The van der Waals surface area contributed by atoms with Crippen LogP contribution in [0.1, 0.15) is 12.5 Å². The van der Waals surface area contributed by atoms with Gasteiger partial charge >= 0.3 is 6.03 Å². The largest absolute Gasteiger partial charge is 0.341 e. The van der Waals surface area contributed by atoms with Crippen LogP contribution in [0.4, 0.5) is 10.5 Å². The molecule has 0 bridgehead atoms. The maximum atomic E-state index is 11.2. The minimum atomic E-state index is -0.227. The highest BCUT2D eigenvalue weighted by molar-refractivity contribution is 5.90. The van der Waals surface area contributed by atoms with Gasteiger partial charge in [0.1, 0.15) is 0 Å². The first kappa shape index (κ1) is 13.0. The van der Waals surface area contributed by atoms with Crippen molar-refractivity contribution in [1.29, 1.82) is 0 Å². The van der Waals surface area contributed by atoms with E-state index in [1.807, 2.05) is 24.3 Å². The van der Waals surface area contributed by atoms with Gasteiger partial charge in [0, 0.05) is 33.3 Å². The number of urea groups is 1. The number of rotatable bonds is 3. The van der Waals surface area contributed by atoms with Gasteiger partial charge in [-0.15, -0.1) is 0 Å². The molecule has 5 heteroatoms. The minimum Gasteiger partial charge on any atom is -0.341 e. The summed E-state index contributed by atoms with van der Waals surface area (Å²) in [6.45, 7) is 1.94. The monoisotopic (exact) mass is 235 g/mol. The van der Waals surface area contributed by atoms with E-state index in [0.717, 1.165) is 11.3 Å². The molecule has 0 spiro atoms. The Morgan fingerprint density at radius 1 is 1.35 bits per heavy atom. The van der Waals surface area contributed by atoms with Crippen LogP contribution in [0.25, 0.3) is 0 Å². The number of carbonyl (C=O) groups is 2. The summed E-state index contributed by atoms with van der Waals surface area (Å²) in [6, 6.07) is 7.25. The molecule has 0 unspecified atom stereocenters. The van der Waals surface area contributed by atoms with Gasteiger partial charge in [-0.3, -0.25) is 4.79 Å². The van der Waals surface area contributed by atoms with Crippen LogP contribution in [0.15, 0.2) is 24.3 Å². The van der Waals surface area contributed by atoms with Crippen LogP contribution in [0.3, 0.4) is 0 Å². The molecule has 1 rings (SSSR count). The number of nitrogens with zero attached hydrogens (tertiary/aromatic N) is 1. The molecule has 0 heterocycles. The molecule has 0 radical (unpaired) electrons. The lowest BCUT2D eigenvalue weighted by atomic mass is 10.2. The van der Waals surface area contributed by atoms with Crippen LogP contribution < -0.4 is 15.5 Å². The molecule has 0 fully saturated rings. The summed E-state index contributed by atoms with van der Waals surface area (Å²) in [5, 5.41) is 5.17. The highest BCUT2D eigenvalue weighted by atomic mass is 16.2. The Morgan fingerprint density at radius 2 is 2.06 bits per heavy atom. The lowest BCUT2D eigenvalue weighted by Crippen LogP contribution is -2.32. The van der Waals surface area contributed by atoms with Crippen LogP contribution in [0, 0.1) is 0 Å². The SMILES string of the molecule is CNC(=O)NCc1cccc(N(C)C(C)=O)c1. The number of carbonyl (C=O) groups excluding carboxylic acids is 2. The molecule has 2 N–H and O–H groups in total. The Balaban J connectivity index is 2.72. The Morgan fingerprint density at radius 3 is 2.65 bits per heavy atom. The molecular formula is C12H17N3O2. The standard InChI is InChI=1S/C12H17N3O2/c1-9(16)15(3)11-6-4-5-10(7-11)8-14-12(17)13-2/h4-7H,8H2,1-3H3,(H2,13,14,17). The van der Waals surface area contributed by atoms with Crippen LogP contribution in [-0.4, -0.2) is 26.0 Å². The first-order chi connectivity index (χ1) is 8.04. The number of hydrogen-bond donors (Lipinski definition) is 2. The third-order valence-electron chi connectivity index (χ3n) is 2.45. The second-order valence-corrected chi connectivity index (χ2v) is 3.68. The van der Waals surface area contributed by atoms with E-state index < -0.39 is 0 Å². The van der Waals surface area contributed by atoms with E-state index in [-0.39, 0.29) is 11.9 Å². The summed E-state index contributed by atoms with van der Waals surface area (Å²) in [5.41, 5.74) is 1.76. The van der Waals surface area contributed by atoms with Crippen molar-refractivity contribution in [3.05, 3.63) is 29.8 Å². The predicted molar refractivity (Wildman–Crippen MR) is 66.8 cm³/mol. The average molecular weight is 235 g/mol. The van der Waals surface area contributed by atoms with E-state index in [0.29, 0.717) is 6.54 Å². The molecule has 1 aromatic rings. The van der Waals surface area contributed by atoms with Crippen LogP contribution >= 0.6 is 0 Å². The maximum absolute atomic E-state index is 11.2. The van der Waals surface area contributed by atoms with Gasteiger partial charge in [0.15, 0.2) is 0 Å². The second-order valence-electron chi connectivity index (χ2n) is 3.68. The summed E-state index contributed by atoms with van der Waals surface area (Å²) < 4.78 is 0. The molecule has 5 nitrogen and oxygen atoms in total. The van der Waals surface area contributed by atoms with Gasteiger partial charge in [-0.1, -0.05) is 12.1 Å². The lowest BCUT2D eigenvalue weighted by Gasteiger charge is -2.16. The predicted octanol–water partition coefficient (Wildman–Crippen LogP) is 1.10. The topological polar surface area (TPSA) is 61.4 Å². The summed E-state index contributed by atoms with van der Waals surface area (Å²) in [7, 11) is 3.28. The fraction of sp³-hybridized carbons (Fsp3) is 0.333. The van der Waals surface area contributed by atoms with E-state index >= 15 is 0 Å². The zero-order valence-corrected chi connectivity index (χ0v) is 10.3. The Labute approximate surface area is 101 Å². The maximum Gasteiger partial charge on any atom is 0.314 e. The van der Waals surface area contributed by atoms with E-state index in [1.54, 1.807) is 19.0 Å². The number of anilines is 1. The van der Waals surface area contributed by atoms with E-state index in [2.05, 4.69) is 10.6 Å². The summed E-state index contributed by atoms with van der Waals surface area (Å²) in [6.07, 6.45) is 0. The molecule has 0 aliphatic rings. The Bertz CT molecular complexity index is 418. The molecule has 0 saturated heterocycles. The number of amides is 3. The summed E-state index contributed by atoms with van der Waals surface area (Å²) in [4.78, 5) is 23.8. The molecule has 0 aliphatic carbocycles. The van der Waals surface area contributed by atoms with Gasteiger partial charge in [-0.05, 0) is 17.7 Å². The third kappa shape index (κ3) is 3.79.